The van der Waals surface area contributed by atoms with Crippen LogP contribution in [0.5, 0.6) is 0 Å². The Labute approximate surface area is 113 Å². The fourth-order valence-electron chi connectivity index (χ4n) is 2.49. The molecule has 19 heavy (non-hydrogen) atoms. The number of carboxylic acid groups (broad SMARTS) is 1. The Kier molecular flexibility index (Phi) is 5.80. The third-order valence-corrected chi connectivity index (χ3v) is 3.61. The molecule has 0 heterocycles. The number of nitrogen functional groups attached to an aromatic ring is 1. The van der Waals surface area contributed by atoms with E-state index in [1.165, 1.54) is 12.1 Å². The van der Waals surface area contributed by atoms with E-state index >= 15 is 0 Å². The van der Waals surface area contributed by atoms with E-state index in [0.717, 1.165) is 25.7 Å². The number of para-hydroxylation sites is 1. The standard InChI is InChI=1S/C15H22FNO2/c1-3-5-7-10(4-2)13(15(18)19)11-8-6-9-12(16)14(11)17/h6,8-10,13H,3-5,7,17H2,1-2H3,(H,18,19). The maximum atomic E-state index is 13.5. The van der Waals surface area contributed by atoms with Gasteiger partial charge in [0.05, 0.1) is 11.6 Å². The van der Waals surface area contributed by atoms with Gasteiger partial charge in [-0.2, -0.15) is 0 Å². The molecule has 0 aromatic heterocycles. The number of aliphatic carboxylic acids is 1. The van der Waals surface area contributed by atoms with E-state index in [2.05, 4.69) is 6.92 Å². The monoisotopic (exact) mass is 267 g/mol. The third kappa shape index (κ3) is 3.69. The van der Waals surface area contributed by atoms with Crippen LogP contribution < -0.4 is 5.73 Å². The summed E-state index contributed by atoms with van der Waals surface area (Å²) in [5.74, 6) is -2.22. The lowest BCUT2D eigenvalue weighted by Crippen LogP contribution is -2.22. The molecule has 1 aromatic carbocycles. The van der Waals surface area contributed by atoms with Gasteiger partial charge in [0, 0.05) is 0 Å². The lowest BCUT2D eigenvalue weighted by Gasteiger charge is -2.24. The van der Waals surface area contributed by atoms with Crippen molar-refractivity contribution in [2.75, 3.05) is 5.73 Å². The number of nitrogens with two attached hydrogens (primary N) is 1. The first-order valence-corrected chi connectivity index (χ1v) is 6.79. The predicted molar refractivity (Wildman–Crippen MR) is 74.5 cm³/mol. The summed E-state index contributed by atoms with van der Waals surface area (Å²) >= 11 is 0. The molecular formula is C15H22FNO2. The SMILES string of the molecule is CCCCC(CC)C(C(=O)O)c1cccc(F)c1N. The highest BCUT2D eigenvalue weighted by atomic mass is 19.1. The fourth-order valence-corrected chi connectivity index (χ4v) is 2.49. The minimum atomic E-state index is -0.930. The summed E-state index contributed by atoms with van der Waals surface area (Å²) in [5.41, 5.74) is 6.07. The van der Waals surface area contributed by atoms with E-state index in [4.69, 9.17) is 5.73 Å². The first-order chi connectivity index (χ1) is 9.02. The van der Waals surface area contributed by atoms with Crippen molar-refractivity contribution in [1.82, 2.24) is 0 Å². The lowest BCUT2D eigenvalue weighted by molar-refractivity contribution is -0.140. The van der Waals surface area contributed by atoms with Gasteiger partial charge in [0.15, 0.2) is 0 Å². The molecule has 1 aromatic rings. The second-order valence-corrected chi connectivity index (χ2v) is 4.87. The first-order valence-electron chi connectivity index (χ1n) is 6.79. The van der Waals surface area contributed by atoms with Crippen LogP contribution in [0.2, 0.25) is 0 Å². The van der Waals surface area contributed by atoms with Crippen LogP contribution in [-0.2, 0) is 4.79 Å². The average molecular weight is 267 g/mol. The zero-order valence-corrected chi connectivity index (χ0v) is 11.5. The van der Waals surface area contributed by atoms with Gasteiger partial charge in [-0.25, -0.2) is 4.39 Å². The Morgan fingerprint density at radius 1 is 1.42 bits per heavy atom. The number of halogens is 1. The highest BCUT2D eigenvalue weighted by molar-refractivity contribution is 5.79. The molecule has 0 spiro atoms. The normalized spacial score (nSPS) is 14.1. The molecule has 0 bridgehead atoms. The number of rotatable bonds is 7. The van der Waals surface area contributed by atoms with Gasteiger partial charge in [0.1, 0.15) is 5.82 Å². The molecule has 1 rings (SSSR count). The Morgan fingerprint density at radius 2 is 2.11 bits per heavy atom. The van der Waals surface area contributed by atoms with Crippen LogP contribution in [0.15, 0.2) is 18.2 Å². The molecule has 0 aliphatic heterocycles. The molecule has 0 saturated heterocycles. The van der Waals surface area contributed by atoms with Crippen LogP contribution in [0.25, 0.3) is 0 Å². The number of benzene rings is 1. The molecular weight excluding hydrogens is 245 g/mol. The number of hydrogen-bond acceptors (Lipinski definition) is 2. The number of hydrogen-bond donors (Lipinski definition) is 2. The topological polar surface area (TPSA) is 63.3 Å². The van der Waals surface area contributed by atoms with E-state index in [9.17, 15) is 14.3 Å². The molecule has 3 nitrogen and oxygen atoms in total. The van der Waals surface area contributed by atoms with Gasteiger partial charge in [-0.05, 0) is 24.0 Å². The number of carbonyl (C=O) groups is 1. The molecule has 0 saturated carbocycles. The van der Waals surface area contributed by atoms with Crippen molar-refractivity contribution in [2.24, 2.45) is 5.92 Å². The van der Waals surface area contributed by atoms with Crippen molar-refractivity contribution in [3.05, 3.63) is 29.6 Å². The largest absolute Gasteiger partial charge is 0.481 e. The smallest absolute Gasteiger partial charge is 0.311 e. The van der Waals surface area contributed by atoms with E-state index in [1.807, 2.05) is 6.92 Å². The summed E-state index contributed by atoms with van der Waals surface area (Å²) in [5, 5.41) is 9.46. The minimum absolute atomic E-state index is 0.0125. The second kappa shape index (κ2) is 7.12. The summed E-state index contributed by atoms with van der Waals surface area (Å²) < 4.78 is 13.5. The number of carboxylic acids is 1. The quantitative estimate of drug-likeness (QED) is 0.739. The van der Waals surface area contributed by atoms with Gasteiger partial charge in [0.2, 0.25) is 0 Å². The van der Waals surface area contributed by atoms with Crippen molar-refractivity contribution < 1.29 is 14.3 Å². The van der Waals surface area contributed by atoms with Gasteiger partial charge in [-0.1, -0.05) is 45.2 Å². The summed E-state index contributed by atoms with van der Waals surface area (Å²) in [6.45, 7) is 4.03. The van der Waals surface area contributed by atoms with Crippen LogP contribution in [0, 0.1) is 11.7 Å². The van der Waals surface area contributed by atoms with Crippen molar-refractivity contribution in [3.63, 3.8) is 0 Å². The predicted octanol–water partition coefficient (Wildman–Crippen LogP) is 3.79. The van der Waals surface area contributed by atoms with Gasteiger partial charge in [0.25, 0.3) is 0 Å². The van der Waals surface area contributed by atoms with E-state index in [1.54, 1.807) is 6.07 Å². The number of unbranched alkanes of at least 4 members (excludes halogenated alkanes) is 1. The molecule has 0 radical (unpaired) electrons. The highest BCUT2D eigenvalue weighted by Crippen LogP contribution is 2.35. The summed E-state index contributed by atoms with van der Waals surface area (Å²) in [7, 11) is 0. The molecule has 0 aliphatic carbocycles. The van der Waals surface area contributed by atoms with Gasteiger partial charge < -0.3 is 10.8 Å². The van der Waals surface area contributed by atoms with E-state index in [0.29, 0.717) is 5.56 Å². The maximum Gasteiger partial charge on any atom is 0.311 e. The first kappa shape index (κ1) is 15.5. The molecule has 2 atom stereocenters. The Hall–Kier alpha value is -1.58. The minimum Gasteiger partial charge on any atom is -0.481 e. The fraction of sp³-hybridized carbons (Fsp3) is 0.533. The van der Waals surface area contributed by atoms with Gasteiger partial charge in [-0.3, -0.25) is 4.79 Å². The zero-order chi connectivity index (χ0) is 14.4. The molecule has 3 N–H and O–H groups in total. The van der Waals surface area contributed by atoms with E-state index in [-0.39, 0.29) is 11.6 Å². The summed E-state index contributed by atoms with van der Waals surface area (Å²) in [4.78, 5) is 11.5. The van der Waals surface area contributed by atoms with Crippen LogP contribution in [0.3, 0.4) is 0 Å². The molecule has 106 valence electrons. The Balaban J connectivity index is 3.11. The molecule has 4 heteroatoms. The van der Waals surface area contributed by atoms with Crippen molar-refractivity contribution in [2.45, 2.75) is 45.4 Å². The van der Waals surface area contributed by atoms with Crippen LogP contribution in [0.1, 0.15) is 51.0 Å². The van der Waals surface area contributed by atoms with Gasteiger partial charge >= 0.3 is 5.97 Å². The molecule has 0 aliphatic rings. The summed E-state index contributed by atoms with van der Waals surface area (Å²) in [6.07, 6.45) is 3.55. The maximum absolute atomic E-state index is 13.5. The molecule has 0 fully saturated rings. The van der Waals surface area contributed by atoms with Crippen molar-refractivity contribution in [3.8, 4) is 0 Å². The summed E-state index contributed by atoms with van der Waals surface area (Å²) in [6, 6.07) is 4.39. The molecule has 0 amide bonds. The van der Waals surface area contributed by atoms with Crippen LogP contribution in [0.4, 0.5) is 10.1 Å². The van der Waals surface area contributed by atoms with Crippen molar-refractivity contribution >= 4 is 11.7 Å². The highest BCUT2D eigenvalue weighted by Gasteiger charge is 2.30. The zero-order valence-electron chi connectivity index (χ0n) is 11.5. The average Bonchev–Trinajstić information content (AvgIpc) is 2.38. The Bertz CT molecular complexity index is 434. The van der Waals surface area contributed by atoms with Crippen LogP contribution in [-0.4, -0.2) is 11.1 Å². The second-order valence-electron chi connectivity index (χ2n) is 4.87. The van der Waals surface area contributed by atoms with Gasteiger partial charge in [-0.15, -0.1) is 0 Å². The van der Waals surface area contributed by atoms with Crippen LogP contribution >= 0.6 is 0 Å². The molecule has 2 unspecified atom stereocenters. The van der Waals surface area contributed by atoms with E-state index < -0.39 is 17.7 Å². The lowest BCUT2D eigenvalue weighted by atomic mass is 9.80. The number of anilines is 1. The third-order valence-electron chi connectivity index (χ3n) is 3.61. The van der Waals surface area contributed by atoms with Crippen molar-refractivity contribution in [1.29, 1.82) is 0 Å². The Morgan fingerprint density at radius 3 is 2.63 bits per heavy atom.